The van der Waals surface area contributed by atoms with Crippen molar-refractivity contribution in [2.75, 3.05) is 12.0 Å². The van der Waals surface area contributed by atoms with Gasteiger partial charge >= 0.3 is 11.7 Å². The molecule has 0 aliphatic carbocycles. The molecule has 1 N–H and O–H groups in total. The first-order valence-electron chi connectivity index (χ1n) is 8.08. The van der Waals surface area contributed by atoms with Gasteiger partial charge in [0, 0.05) is 18.7 Å². The van der Waals surface area contributed by atoms with Crippen molar-refractivity contribution in [1.82, 2.24) is 0 Å². The molecule has 0 spiro atoms. The second-order valence-electron chi connectivity index (χ2n) is 5.47. The van der Waals surface area contributed by atoms with Gasteiger partial charge in [0.1, 0.15) is 11.1 Å². The summed E-state index contributed by atoms with van der Waals surface area (Å²) in [5.41, 5.74) is 0.245. The summed E-state index contributed by atoms with van der Waals surface area (Å²) in [6, 6.07) is 5.02. The molecule has 0 amide bonds. The number of nitrogens with one attached hydrogen (secondary N) is 1. The Bertz CT molecular complexity index is 788. The Morgan fingerprint density at radius 1 is 1.37 bits per heavy atom. The van der Waals surface area contributed by atoms with Crippen LogP contribution in [0.4, 0.5) is 17.1 Å². The highest BCUT2D eigenvalue weighted by Gasteiger charge is 2.36. The third kappa shape index (κ3) is 5.46. The van der Waals surface area contributed by atoms with Crippen molar-refractivity contribution in [2.24, 2.45) is 10.5 Å². The predicted octanol–water partition coefficient (Wildman–Crippen LogP) is 3.16. The molecular formula is C16H19N5O6. The number of non-ortho nitro benzene ring substituents is 1. The summed E-state index contributed by atoms with van der Waals surface area (Å²) in [5, 5.41) is 34.6. The molecule has 0 fully saturated rings. The minimum Gasteiger partial charge on any atom is -0.465 e. The van der Waals surface area contributed by atoms with Crippen LogP contribution in [0.15, 0.2) is 23.3 Å². The average molecular weight is 377 g/mol. The Hall–Kier alpha value is -3.55. The molecular weight excluding hydrogens is 358 g/mol. The number of carbonyl (C=O) groups excluding carboxylic acids is 1. The molecule has 1 aromatic rings. The van der Waals surface area contributed by atoms with Gasteiger partial charge in [0.15, 0.2) is 0 Å². The largest absolute Gasteiger partial charge is 0.465 e. The molecule has 1 atom stereocenters. The second-order valence-corrected chi connectivity index (χ2v) is 5.47. The Kier molecular flexibility index (Phi) is 7.81. The van der Waals surface area contributed by atoms with Gasteiger partial charge in [-0.3, -0.25) is 30.4 Å². The molecule has 1 unspecified atom stereocenters. The molecule has 0 aromatic heterocycles. The fourth-order valence-corrected chi connectivity index (χ4v) is 2.29. The number of carbonyl (C=O) groups is 1. The van der Waals surface area contributed by atoms with E-state index in [9.17, 15) is 25.0 Å². The van der Waals surface area contributed by atoms with Gasteiger partial charge in [0.25, 0.3) is 5.69 Å². The number of nitrogens with zero attached hydrogens (tertiary/aromatic N) is 4. The first-order chi connectivity index (χ1) is 12.8. The van der Waals surface area contributed by atoms with Gasteiger partial charge in [-0.05, 0) is 25.8 Å². The topological polar surface area (TPSA) is 161 Å². The highest BCUT2D eigenvalue weighted by atomic mass is 16.6. The lowest BCUT2D eigenvalue weighted by atomic mass is 9.82. The molecule has 0 heterocycles. The molecule has 11 heteroatoms. The SMILES string of the molecule is CCOC(=O)C(/C=N/Nc1ccc([N+](=O)[O-])cc1[N+](=O)[O-])(CC)CCC#N. The number of hydrogen-bond donors (Lipinski definition) is 1. The molecule has 0 saturated carbocycles. The lowest BCUT2D eigenvalue weighted by molar-refractivity contribution is -0.393. The van der Waals surface area contributed by atoms with Gasteiger partial charge in [-0.25, -0.2) is 0 Å². The molecule has 1 aromatic carbocycles. The van der Waals surface area contributed by atoms with Crippen molar-refractivity contribution in [3.8, 4) is 6.07 Å². The number of hydrogen-bond acceptors (Lipinski definition) is 9. The zero-order valence-corrected chi connectivity index (χ0v) is 14.9. The summed E-state index contributed by atoms with van der Waals surface area (Å²) in [6.45, 7) is 3.54. The van der Waals surface area contributed by atoms with Crippen LogP contribution in [0.1, 0.15) is 33.1 Å². The van der Waals surface area contributed by atoms with E-state index in [-0.39, 0.29) is 25.1 Å². The van der Waals surface area contributed by atoms with Crippen molar-refractivity contribution in [3.05, 3.63) is 38.4 Å². The molecule has 27 heavy (non-hydrogen) atoms. The maximum atomic E-state index is 12.3. The molecule has 1 rings (SSSR count). The van der Waals surface area contributed by atoms with Crippen molar-refractivity contribution in [3.63, 3.8) is 0 Å². The van der Waals surface area contributed by atoms with Crippen LogP contribution in [0.2, 0.25) is 0 Å². The number of nitro groups is 2. The molecule has 11 nitrogen and oxygen atoms in total. The van der Waals surface area contributed by atoms with E-state index in [1.807, 2.05) is 6.07 Å². The molecule has 0 aliphatic heterocycles. The zero-order valence-electron chi connectivity index (χ0n) is 14.9. The highest BCUT2D eigenvalue weighted by molar-refractivity contribution is 5.95. The van der Waals surface area contributed by atoms with Crippen LogP contribution in [0.3, 0.4) is 0 Å². The number of anilines is 1. The van der Waals surface area contributed by atoms with Crippen molar-refractivity contribution < 1.29 is 19.4 Å². The summed E-state index contributed by atoms with van der Waals surface area (Å²) in [7, 11) is 0. The summed E-state index contributed by atoms with van der Waals surface area (Å²) in [4.78, 5) is 32.7. The molecule has 144 valence electrons. The van der Waals surface area contributed by atoms with Gasteiger partial charge in [0.2, 0.25) is 0 Å². The number of nitro benzene ring substituents is 2. The van der Waals surface area contributed by atoms with E-state index in [2.05, 4.69) is 10.5 Å². The minimum atomic E-state index is -1.16. The number of hydrazone groups is 1. The maximum Gasteiger partial charge on any atom is 0.317 e. The number of nitriles is 1. The van der Waals surface area contributed by atoms with Gasteiger partial charge in [-0.15, -0.1) is 0 Å². The van der Waals surface area contributed by atoms with E-state index in [0.29, 0.717) is 6.42 Å². The molecule has 0 radical (unpaired) electrons. The fraction of sp³-hybridized carbons (Fsp3) is 0.438. The van der Waals surface area contributed by atoms with Crippen molar-refractivity contribution in [1.29, 1.82) is 5.26 Å². The Labute approximate surface area is 154 Å². The van der Waals surface area contributed by atoms with Crippen molar-refractivity contribution >= 4 is 29.2 Å². The minimum absolute atomic E-state index is 0.0732. The van der Waals surface area contributed by atoms with E-state index < -0.39 is 32.6 Å². The standard InChI is InChI=1S/C16H19N5O6/c1-3-16(8-5-9-17,15(22)27-4-2)11-18-19-13-7-6-12(20(23)24)10-14(13)21(25)26/h6-7,10-11,19H,3-5,8H2,1-2H3/b18-11+. The number of ether oxygens (including phenoxy) is 1. The van der Waals surface area contributed by atoms with Crippen LogP contribution in [0, 0.1) is 37.0 Å². The quantitative estimate of drug-likeness (QED) is 0.281. The Balaban J connectivity index is 3.15. The smallest absolute Gasteiger partial charge is 0.317 e. The van der Waals surface area contributed by atoms with E-state index in [0.717, 1.165) is 18.2 Å². The van der Waals surface area contributed by atoms with E-state index in [1.165, 1.54) is 6.21 Å². The summed E-state index contributed by atoms with van der Waals surface area (Å²) >= 11 is 0. The first kappa shape index (κ1) is 21.5. The summed E-state index contributed by atoms with van der Waals surface area (Å²) < 4.78 is 5.05. The lowest BCUT2D eigenvalue weighted by Gasteiger charge is -2.25. The van der Waals surface area contributed by atoms with E-state index in [1.54, 1.807) is 13.8 Å². The van der Waals surface area contributed by atoms with Crippen LogP contribution >= 0.6 is 0 Å². The zero-order chi connectivity index (χ0) is 20.4. The van der Waals surface area contributed by atoms with Gasteiger partial charge < -0.3 is 4.74 Å². The number of rotatable bonds is 10. The third-order valence-corrected chi connectivity index (χ3v) is 3.88. The van der Waals surface area contributed by atoms with Gasteiger partial charge in [-0.2, -0.15) is 10.4 Å². The number of benzene rings is 1. The fourth-order valence-electron chi connectivity index (χ4n) is 2.29. The average Bonchev–Trinajstić information content (AvgIpc) is 2.64. The lowest BCUT2D eigenvalue weighted by Crippen LogP contribution is -2.34. The van der Waals surface area contributed by atoms with Crippen LogP contribution in [-0.4, -0.2) is 28.6 Å². The monoisotopic (exact) mass is 377 g/mol. The second kappa shape index (κ2) is 9.81. The third-order valence-electron chi connectivity index (χ3n) is 3.88. The van der Waals surface area contributed by atoms with Crippen LogP contribution in [0.25, 0.3) is 0 Å². The normalized spacial score (nSPS) is 12.8. The van der Waals surface area contributed by atoms with Crippen LogP contribution < -0.4 is 5.43 Å². The Morgan fingerprint density at radius 2 is 2.07 bits per heavy atom. The van der Waals surface area contributed by atoms with Gasteiger partial charge in [-0.1, -0.05) is 6.92 Å². The highest BCUT2D eigenvalue weighted by Crippen LogP contribution is 2.30. The van der Waals surface area contributed by atoms with Crippen LogP contribution in [-0.2, 0) is 9.53 Å². The Morgan fingerprint density at radius 3 is 2.59 bits per heavy atom. The number of esters is 1. The molecule has 0 saturated heterocycles. The van der Waals surface area contributed by atoms with Crippen molar-refractivity contribution in [2.45, 2.75) is 33.1 Å². The van der Waals surface area contributed by atoms with Crippen LogP contribution in [0.5, 0.6) is 0 Å². The molecule has 0 aliphatic rings. The maximum absolute atomic E-state index is 12.3. The summed E-state index contributed by atoms with van der Waals surface area (Å²) in [6.07, 6.45) is 1.83. The van der Waals surface area contributed by atoms with E-state index >= 15 is 0 Å². The van der Waals surface area contributed by atoms with Gasteiger partial charge in [0.05, 0.1) is 28.6 Å². The molecule has 0 bridgehead atoms. The summed E-state index contributed by atoms with van der Waals surface area (Å²) in [5.74, 6) is -0.550. The van der Waals surface area contributed by atoms with E-state index in [4.69, 9.17) is 10.00 Å². The first-order valence-corrected chi connectivity index (χ1v) is 8.08. The predicted molar refractivity (Wildman–Crippen MR) is 96.1 cm³/mol.